The molecule has 2 amide bonds. The normalized spacial score (nSPS) is 12.5. The van der Waals surface area contributed by atoms with Crippen molar-refractivity contribution in [1.82, 2.24) is 5.32 Å². The molecule has 0 bridgehead atoms. The number of hydrogen-bond donors (Lipinski definition) is 5. The Balaban J connectivity index is 1.75. The molecule has 45 heavy (non-hydrogen) atoms. The lowest BCUT2D eigenvalue weighted by atomic mass is 10.0. The average molecular weight is 636 g/mol. The van der Waals surface area contributed by atoms with Crippen LogP contribution in [0.1, 0.15) is 29.5 Å². The number of carbonyl (C=O) groups excluding carboxylic acids is 2. The van der Waals surface area contributed by atoms with Crippen molar-refractivity contribution in [3.63, 3.8) is 0 Å². The Bertz CT molecular complexity index is 1440. The molecule has 7 N–H and O–H groups in total. The fourth-order valence-corrected chi connectivity index (χ4v) is 5.17. The molecule has 2 atom stereocenters. The Morgan fingerprint density at radius 2 is 1.53 bits per heavy atom. The quantitative estimate of drug-likeness (QED) is 0.0786. The molecule has 0 fully saturated rings. The van der Waals surface area contributed by atoms with Gasteiger partial charge in [0.1, 0.15) is 30.9 Å². The number of aliphatic carboxylic acids is 2. The summed E-state index contributed by atoms with van der Waals surface area (Å²) in [4.78, 5) is 55.5. The molecule has 0 aliphatic rings. The molecule has 0 radical (unpaired) electrons. The van der Waals surface area contributed by atoms with Crippen LogP contribution >= 0.6 is 11.8 Å². The maximum absolute atomic E-state index is 13.6. The zero-order chi connectivity index (χ0) is 32.6. The first kappa shape index (κ1) is 34.8. The van der Waals surface area contributed by atoms with Crippen LogP contribution < -0.4 is 21.7 Å². The number of anilines is 1. The van der Waals surface area contributed by atoms with Gasteiger partial charge in [-0.1, -0.05) is 78.0 Å². The lowest BCUT2D eigenvalue weighted by Gasteiger charge is -2.27. The number of hydrogen-bond acceptors (Lipinski definition) is 9. The van der Waals surface area contributed by atoms with E-state index in [-0.39, 0.29) is 25.2 Å². The summed E-state index contributed by atoms with van der Waals surface area (Å²) in [5.74, 6) is -3.02. The van der Waals surface area contributed by atoms with E-state index in [0.29, 0.717) is 23.7 Å². The number of thioether (sulfide) groups is 1. The van der Waals surface area contributed by atoms with Crippen molar-refractivity contribution < 1.29 is 34.2 Å². The number of rotatable bonds is 18. The Morgan fingerprint density at radius 3 is 2.13 bits per heavy atom. The first-order valence-electron chi connectivity index (χ1n) is 14.2. The first-order valence-corrected chi connectivity index (χ1v) is 15.3. The highest BCUT2D eigenvalue weighted by atomic mass is 32.2. The zero-order valence-corrected chi connectivity index (χ0v) is 25.4. The lowest BCUT2D eigenvalue weighted by Crippen LogP contribution is -2.51. The van der Waals surface area contributed by atoms with Crippen molar-refractivity contribution in [2.75, 3.05) is 30.3 Å². The summed E-state index contributed by atoms with van der Waals surface area (Å²) in [6, 6.07) is 23.2. The van der Waals surface area contributed by atoms with Crippen molar-refractivity contribution in [1.29, 1.82) is 0 Å². The first-order chi connectivity index (χ1) is 21.7. The van der Waals surface area contributed by atoms with Gasteiger partial charge in [-0.15, -0.1) is 0 Å². The van der Waals surface area contributed by atoms with E-state index in [4.69, 9.17) is 21.4 Å². The van der Waals surface area contributed by atoms with Crippen molar-refractivity contribution >= 4 is 46.9 Å². The maximum atomic E-state index is 13.6. The van der Waals surface area contributed by atoms with Gasteiger partial charge < -0.3 is 31.8 Å². The number of amides is 2. The third-order valence-electron chi connectivity index (χ3n) is 6.45. The summed E-state index contributed by atoms with van der Waals surface area (Å²) >= 11 is 1.38. The molecule has 0 aromatic heterocycles. The molecule has 1 unspecified atom stereocenters. The van der Waals surface area contributed by atoms with Gasteiger partial charge in [0.25, 0.3) is 5.91 Å². The van der Waals surface area contributed by atoms with Crippen LogP contribution in [0.15, 0.2) is 90.1 Å². The number of nitrogens with zero attached hydrogens (tertiary/aromatic N) is 2. The molecule has 0 aliphatic carbocycles. The van der Waals surface area contributed by atoms with E-state index < -0.39 is 42.4 Å². The van der Waals surface area contributed by atoms with Crippen LogP contribution in [-0.2, 0) is 29.8 Å². The Morgan fingerprint density at radius 1 is 0.911 bits per heavy atom. The predicted octanol–water partition coefficient (Wildman–Crippen LogP) is 2.44. The molecule has 12 nitrogen and oxygen atoms in total. The van der Waals surface area contributed by atoms with E-state index in [1.165, 1.54) is 11.8 Å². The Labute approximate surface area is 265 Å². The minimum atomic E-state index is -1.24. The number of nitrogens with two attached hydrogens (primary N) is 2. The molecule has 0 spiro atoms. The molecule has 3 aromatic rings. The highest BCUT2D eigenvalue weighted by Gasteiger charge is 2.29. The van der Waals surface area contributed by atoms with E-state index in [9.17, 15) is 24.3 Å². The highest BCUT2D eigenvalue weighted by molar-refractivity contribution is 7.98. The number of oxime groups is 1. The third kappa shape index (κ3) is 11.4. The SMILES string of the molecule is NCCO/N=C(\c1ccccc1)c1ccc(CSC[C@H](NC(=O)CCC(N)C(=O)O)C(=O)N(CC(=O)O)c2ccccc2)cc1. The summed E-state index contributed by atoms with van der Waals surface area (Å²) in [7, 11) is 0. The van der Waals surface area contributed by atoms with Crippen LogP contribution in [-0.4, -0.2) is 77.2 Å². The van der Waals surface area contributed by atoms with Crippen molar-refractivity contribution in [2.45, 2.75) is 30.7 Å². The second kappa shape index (κ2) is 18.2. The number of carbonyl (C=O) groups is 4. The van der Waals surface area contributed by atoms with Gasteiger partial charge >= 0.3 is 11.9 Å². The number of carboxylic acid groups (broad SMARTS) is 2. The fourth-order valence-electron chi connectivity index (χ4n) is 4.16. The van der Waals surface area contributed by atoms with Gasteiger partial charge in [-0.25, -0.2) is 0 Å². The number of nitrogens with one attached hydrogen (secondary N) is 1. The maximum Gasteiger partial charge on any atom is 0.323 e. The minimum Gasteiger partial charge on any atom is -0.480 e. The second-order valence-electron chi connectivity index (χ2n) is 9.90. The molecular weight excluding hydrogens is 598 g/mol. The summed E-state index contributed by atoms with van der Waals surface area (Å²) < 4.78 is 0. The zero-order valence-electron chi connectivity index (χ0n) is 24.6. The van der Waals surface area contributed by atoms with Gasteiger partial charge in [0.15, 0.2) is 0 Å². The Kier molecular flexibility index (Phi) is 14.0. The molecule has 0 saturated carbocycles. The smallest absolute Gasteiger partial charge is 0.323 e. The van der Waals surface area contributed by atoms with E-state index in [0.717, 1.165) is 21.6 Å². The fraction of sp³-hybridized carbons (Fsp3) is 0.281. The van der Waals surface area contributed by atoms with Crippen LogP contribution in [0.3, 0.4) is 0 Å². The summed E-state index contributed by atoms with van der Waals surface area (Å²) in [6.07, 6.45) is -0.335. The number of carboxylic acids is 2. The molecule has 3 rings (SSSR count). The van der Waals surface area contributed by atoms with E-state index in [2.05, 4.69) is 10.5 Å². The number of para-hydroxylation sites is 1. The van der Waals surface area contributed by atoms with Gasteiger partial charge in [0.2, 0.25) is 5.91 Å². The van der Waals surface area contributed by atoms with Gasteiger partial charge in [-0.3, -0.25) is 24.1 Å². The van der Waals surface area contributed by atoms with Gasteiger partial charge in [0.05, 0.1) is 0 Å². The highest BCUT2D eigenvalue weighted by Crippen LogP contribution is 2.20. The Hall–Kier alpha value is -4.72. The van der Waals surface area contributed by atoms with Crippen LogP contribution in [0.25, 0.3) is 0 Å². The topological polar surface area (TPSA) is 198 Å². The molecule has 238 valence electrons. The van der Waals surface area contributed by atoms with E-state index in [1.807, 2.05) is 54.6 Å². The summed E-state index contributed by atoms with van der Waals surface area (Å²) in [5, 5.41) is 25.5. The number of benzene rings is 3. The van der Waals surface area contributed by atoms with Crippen LogP contribution in [0.4, 0.5) is 5.69 Å². The second-order valence-corrected chi connectivity index (χ2v) is 10.9. The molecule has 0 saturated heterocycles. The van der Waals surface area contributed by atoms with E-state index in [1.54, 1.807) is 30.3 Å². The minimum absolute atomic E-state index is 0.120. The molecule has 0 heterocycles. The predicted molar refractivity (Wildman–Crippen MR) is 173 cm³/mol. The largest absolute Gasteiger partial charge is 0.480 e. The van der Waals surface area contributed by atoms with Crippen molar-refractivity contribution in [2.24, 2.45) is 16.6 Å². The molecule has 0 aliphatic heterocycles. The monoisotopic (exact) mass is 635 g/mol. The van der Waals surface area contributed by atoms with Crippen molar-refractivity contribution in [3.05, 3.63) is 102 Å². The van der Waals surface area contributed by atoms with E-state index >= 15 is 0 Å². The third-order valence-corrected chi connectivity index (χ3v) is 7.56. The van der Waals surface area contributed by atoms with Gasteiger partial charge in [-0.05, 0) is 24.1 Å². The average Bonchev–Trinajstić information content (AvgIpc) is 3.05. The molecule has 13 heteroatoms. The molecule has 3 aromatic carbocycles. The van der Waals surface area contributed by atoms with Crippen LogP contribution in [0.2, 0.25) is 0 Å². The summed E-state index contributed by atoms with van der Waals surface area (Å²) in [6.45, 7) is 0.00844. The van der Waals surface area contributed by atoms with Gasteiger partial charge in [-0.2, -0.15) is 11.8 Å². The van der Waals surface area contributed by atoms with Crippen molar-refractivity contribution in [3.8, 4) is 0 Å². The molecular formula is C32H37N5O7S. The summed E-state index contributed by atoms with van der Waals surface area (Å²) in [5.41, 5.74) is 14.7. The lowest BCUT2D eigenvalue weighted by molar-refractivity contribution is -0.139. The van der Waals surface area contributed by atoms with Crippen LogP contribution in [0.5, 0.6) is 0 Å². The van der Waals surface area contributed by atoms with Gasteiger partial charge in [0, 0.05) is 41.3 Å². The van der Waals surface area contributed by atoms with Crippen LogP contribution in [0, 0.1) is 0 Å². The standard InChI is InChI=1S/C32H37N5O7S/c33-17-18-44-36-30(23-7-3-1-4-8-23)24-13-11-22(12-14-24)20-45-21-27(35-28(38)16-15-26(34)32(42)43)31(41)37(19-29(39)40)25-9-5-2-6-10-25/h1-14,26-27H,15-21,33-34H2,(H,35,38)(H,39,40)(H,42,43)/b36-30+/t26?,27-/m0/s1.